The van der Waals surface area contributed by atoms with E-state index < -0.39 is 34.3 Å². The number of hydrogen-bond acceptors (Lipinski definition) is 8. The molecule has 2 aromatic carbocycles. The van der Waals surface area contributed by atoms with Crippen molar-refractivity contribution in [2.75, 3.05) is 18.5 Å². The molecule has 0 radical (unpaired) electrons. The quantitative estimate of drug-likeness (QED) is 0.600. The van der Waals surface area contributed by atoms with Crippen LogP contribution in [0.1, 0.15) is 37.7 Å². The minimum atomic E-state index is -3.63. The first-order chi connectivity index (χ1) is 16.3. The van der Waals surface area contributed by atoms with Crippen molar-refractivity contribution in [1.82, 2.24) is 4.72 Å². The number of sulfonamides is 1. The molecule has 1 aliphatic carbocycles. The highest BCUT2D eigenvalue weighted by Gasteiger charge is 2.44. The molecule has 2 aliphatic heterocycles. The zero-order valence-electron chi connectivity index (χ0n) is 18.2. The van der Waals surface area contributed by atoms with Crippen LogP contribution in [0.15, 0.2) is 52.4 Å². The molecule has 0 unspecified atom stereocenters. The number of carbonyl (C=O) groups excluding carboxylic acids is 2. The number of anilines is 1. The Balaban J connectivity index is 1.09. The maximum atomic E-state index is 12.2. The molecule has 1 amide bonds. The Kier molecular flexibility index (Phi) is 5.64. The van der Waals surface area contributed by atoms with E-state index in [9.17, 15) is 18.0 Å². The summed E-state index contributed by atoms with van der Waals surface area (Å²) in [4.78, 5) is 28.5. The molecule has 1 saturated carbocycles. The van der Waals surface area contributed by atoms with E-state index in [1.807, 2.05) is 0 Å². The van der Waals surface area contributed by atoms with Gasteiger partial charge in [0.1, 0.15) is 5.84 Å². The Morgan fingerprint density at radius 1 is 1.09 bits per heavy atom. The zero-order valence-corrected chi connectivity index (χ0v) is 19.0. The Hall–Kier alpha value is -3.60. The lowest BCUT2D eigenvalue weighted by Gasteiger charge is -2.21. The zero-order chi connectivity index (χ0) is 23.8. The molecule has 0 saturated heterocycles. The molecule has 3 aliphatic rings. The third-order valence-electron chi connectivity index (χ3n) is 5.80. The summed E-state index contributed by atoms with van der Waals surface area (Å²) in [7, 11) is -3.63. The van der Waals surface area contributed by atoms with Crippen LogP contribution in [-0.2, 0) is 24.3 Å². The Morgan fingerprint density at radius 3 is 2.68 bits per heavy atom. The molecule has 2 N–H and O–H groups in total. The van der Waals surface area contributed by atoms with Crippen molar-refractivity contribution in [2.24, 2.45) is 4.99 Å². The number of fused-ring (bicyclic) bond motifs is 2. The minimum absolute atomic E-state index is 0.0105. The van der Waals surface area contributed by atoms with E-state index in [1.54, 1.807) is 36.4 Å². The van der Waals surface area contributed by atoms with E-state index in [0.717, 1.165) is 25.7 Å². The largest absolute Gasteiger partial charge is 0.456 e. The molecule has 0 aromatic heterocycles. The van der Waals surface area contributed by atoms with Crippen LogP contribution in [0.5, 0.6) is 11.5 Å². The summed E-state index contributed by atoms with van der Waals surface area (Å²) in [6.07, 6.45) is 3.68. The number of carbonyl (C=O) groups is 2. The number of hydrogen-bond donors (Lipinski definition) is 2. The third-order valence-corrected chi connectivity index (χ3v) is 7.19. The number of nitrogens with one attached hydrogen (secondary N) is 2. The Morgan fingerprint density at radius 2 is 1.85 bits per heavy atom. The molecular formula is C23H23N3O7S. The lowest BCUT2D eigenvalue weighted by Crippen LogP contribution is -2.34. The van der Waals surface area contributed by atoms with Gasteiger partial charge < -0.3 is 19.5 Å². The van der Waals surface area contributed by atoms with Crippen LogP contribution in [0.3, 0.4) is 0 Å². The molecule has 1 fully saturated rings. The van der Waals surface area contributed by atoms with Gasteiger partial charge in [0.05, 0.1) is 17.9 Å². The number of ether oxygens (including phenoxy) is 3. The second-order valence-corrected chi connectivity index (χ2v) is 9.93. The predicted molar refractivity (Wildman–Crippen MR) is 121 cm³/mol. The summed E-state index contributed by atoms with van der Waals surface area (Å²) >= 11 is 0. The van der Waals surface area contributed by atoms with E-state index in [1.165, 1.54) is 6.07 Å². The number of benzene rings is 2. The molecule has 178 valence electrons. The highest BCUT2D eigenvalue weighted by Crippen LogP contribution is 2.47. The molecule has 0 bridgehead atoms. The first-order valence-corrected chi connectivity index (χ1v) is 12.5. The number of rotatable bonds is 6. The van der Waals surface area contributed by atoms with Gasteiger partial charge in [0.25, 0.3) is 21.7 Å². The standard InChI is InChI=1S/C23H23N3O7S/c27-20(25-15-7-8-17-18(13-15)33-23(32-17)10-3-4-11-23)14-31-21(28)9-12-24-22-16-5-1-2-6-19(16)34(29,30)26-22/h1-2,5-8,13H,3-4,9-12,14H2,(H,24,26)(H,25,27). The van der Waals surface area contributed by atoms with Crippen molar-refractivity contribution in [3.05, 3.63) is 48.0 Å². The van der Waals surface area contributed by atoms with E-state index in [4.69, 9.17) is 14.2 Å². The normalized spacial score (nSPS) is 19.6. The topological polar surface area (TPSA) is 132 Å². The highest BCUT2D eigenvalue weighted by atomic mass is 32.2. The van der Waals surface area contributed by atoms with Crippen LogP contribution in [0, 0.1) is 0 Å². The first-order valence-electron chi connectivity index (χ1n) is 11.0. The molecular weight excluding hydrogens is 462 g/mol. The van der Waals surface area contributed by atoms with Gasteiger partial charge in [-0.1, -0.05) is 12.1 Å². The van der Waals surface area contributed by atoms with Crippen molar-refractivity contribution >= 4 is 33.4 Å². The van der Waals surface area contributed by atoms with Gasteiger partial charge in [0.15, 0.2) is 18.1 Å². The van der Waals surface area contributed by atoms with Gasteiger partial charge in [-0.2, -0.15) is 0 Å². The lowest BCUT2D eigenvalue weighted by atomic mass is 10.2. The second kappa shape index (κ2) is 8.64. The van der Waals surface area contributed by atoms with Crippen molar-refractivity contribution in [3.63, 3.8) is 0 Å². The molecule has 5 rings (SSSR count). The fourth-order valence-corrected chi connectivity index (χ4v) is 5.47. The van der Waals surface area contributed by atoms with Gasteiger partial charge in [-0.3, -0.25) is 19.3 Å². The molecule has 1 spiro atoms. The molecule has 10 nitrogen and oxygen atoms in total. The number of nitrogens with zero attached hydrogens (tertiary/aromatic N) is 1. The Labute approximate surface area is 196 Å². The second-order valence-electron chi connectivity index (χ2n) is 8.27. The average molecular weight is 486 g/mol. The van der Waals surface area contributed by atoms with E-state index >= 15 is 0 Å². The van der Waals surface area contributed by atoms with Crippen molar-refractivity contribution in [1.29, 1.82) is 0 Å². The van der Waals surface area contributed by atoms with E-state index in [2.05, 4.69) is 15.0 Å². The molecule has 2 heterocycles. The number of esters is 1. The van der Waals surface area contributed by atoms with Gasteiger partial charge in [0.2, 0.25) is 0 Å². The van der Waals surface area contributed by atoms with Crippen LogP contribution in [0.25, 0.3) is 0 Å². The molecule has 2 aromatic rings. The fourth-order valence-electron chi connectivity index (χ4n) is 4.21. The third kappa shape index (κ3) is 4.43. The summed E-state index contributed by atoms with van der Waals surface area (Å²) in [6, 6.07) is 11.6. The smallest absolute Gasteiger partial charge is 0.308 e. The lowest BCUT2D eigenvalue weighted by molar-refractivity contribution is -0.147. The summed E-state index contributed by atoms with van der Waals surface area (Å²) in [6.45, 7) is -0.445. The van der Waals surface area contributed by atoms with Crippen LogP contribution < -0.4 is 19.5 Å². The number of amides is 1. The highest BCUT2D eigenvalue weighted by molar-refractivity contribution is 7.90. The first kappa shape index (κ1) is 22.2. The monoisotopic (exact) mass is 485 g/mol. The summed E-state index contributed by atoms with van der Waals surface area (Å²) in [5.74, 6) is -0.276. The van der Waals surface area contributed by atoms with Crippen LogP contribution in [0.2, 0.25) is 0 Å². The van der Waals surface area contributed by atoms with E-state index in [-0.39, 0.29) is 23.7 Å². The molecule has 0 atom stereocenters. The van der Waals surface area contributed by atoms with Crippen molar-refractivity contribution in [2.45, 2.75) is 42.8 Å². The Bertz CT molecular complexity index is 1280. The number of amidine groups is 1. The minimum Gasteiger partial charge on any atom is -0.456 e. The molecule has 34 heavy (non-hydrogen) atoms. The van der Waals surface area contributed by atoms with E-state index in [0.29, 0.717) is 22.7 Å². The van der Waals surface area contributed by atoms with Crippen LogP contribution in [0.4, 0.5) is 5.69 Å². The van der Waals surface area contributed by atoms with Gasteiger partial charge in [-0.25, -0.2) is 8.42 Å². The van der Waals surface area contributed by atoms with Gasteiger partial charge >= 0.3 is 5.97 Å². The van der Waals surface area contributed by atoms with Crippen LogP contribution in [-0.4, -0.2) is 45.1 Å². The van der Waals surface area contributed by atoms with Gasteiger partial charge in [-0.05, 0) is 37.1 Å². The van der Waals surface area contributed by atoms with Gasteiger partial charge in [0, 0.05) is 30.2 Å². The van der Waals surface area contributed by atoms with Crippen molar-refractivity contribution < 1.29 is 32.2 Å². The summed E-state index contributed by atoms with van der Waals surface area (Å²) in [5, 5.41) is 2.67. The fraction of sp³-hybridized carbons (Fsp3) is 0.348. The summed E-state index contributed by atoms with van der Waals surface area (Å²) < 4.78 is 43.4. The van der Waals surface area contributed by atoms with Crippen LogP contribution >= 0.6 is 0 Å². The summed E-state index contributed by atoms with van der Waals surface area (Å²) in [5.41, 5.74) is 0.967. The number of aliphatic imine (C=N–C) groups is 1. The molecule has 11 heteroatoms. The maximum Gasteiger partial charge on any atom is 0.308 e. The predicted octanol–water partition coefficient (Wildman–Crippen LogP) is 2.34. The SMILES string of the molecule is O=C(COC(=O)CCN=C1NS(=O)(=O)c2ccccc21)Nc1ccc2c(c1)OC1(CCCC1)O2. The maximum absolute atomic E-state index is 12.2. The van der Waals surface area contributed by atoms with Crippen molar-refractivity contribution in [3.8, 4) is 11.5 Å². The van der Waals surface area contributed by atoms with Gasteiger partial charge in [-0.15, -0.1) is 0 Å². The average Bonchev–Trinajstić information content (AvgIpc) is 3.48.